The minimum Gasteiger partial charge on any atom is -0.469 e. The van der Waals surface area contributed by atoms with Crippen LogP contribution in [-0.2, 0) is 16.4 Å². The molecule has 1 heterocycles. The van der Waals surface area contributed by atoms with Gasteiger partial charge in [0, 0.05) is 13.0 Å². The third kappa shape index (κ3) is 3.58. The van der Waals surface area contributed by atoms with Gasteiger partial charge in [-0.1, -0.05) is 12.2 Å². The molecular formula is C9H14N2O3S2. The number of nitrogens with two attached hydrogens (primary N) is 1. The molecule has 0 aliphatic carbocycles. The lowest BCUT2D eigenvalue weighted by Gasteiger charge is -2.11. The van der Waals surface area contributed by atoms with Gasteiger partial charge in [0.1, 0.15) is 11.0 Å². The van der Waals surface area contributed by atoms with Crippen molar-refractivity contribution in [3.63, 3.8) is 0 Å². The van der Waals surface area contributed by atoms with Gasteiger partial charge in [0.2, 0.25) is 10.0 Å². The van der Waals surface area contributed by atoms with Crippen LogP contribution < -0.4 is 10.5 Å². The molecule has 0 amide bonds. The van der Waals surface area contributed by atoms with Crippen LogP contribution in [0.2, 0.25) is 0 Å². The summed E-state index contributed by atoms with van der Waals surface area (Å²) in [5.41, 5.74) is 5.28. The largest absolute Gasteiger partial charge is 0.469 e. The SMILES string of the molecule is CC(C(N)=S)S(=O)(=O)NCCc1ccco1. The predicted octanol–water partition coefficient (Wildman–Crippen LogP) is 0.416. The highest BCUT2D eigenvalue weighted by Gasteiger charge is 2.22. The lowest BCUT2D eigenvalue weighted by atomic mass is 10.3. The average molecular weight is 262 g/mol. The summed E-state index contributed by atoms with van der Waals surface area (Å²) in [6.07, 6.45) is 2.04. The maximum Gasteiger partial charge on any atom is 0.220 e. The number of hydrogen-bond acceptors (Lipinski definition) is 4. The fourth-order valence-corrected chi connectivity index (χ4v) is 2.37. The summed E-state index contributed by atoms with van der Waals surface area (Å²) < 4.78 is 30.7. The van der Waals surface area contributed by atoms with E-state index in [-0.39, 0.29) is 11.5 Å². The van der Waals surface area contributed by atoms with E-state index in [1.54, 1.807) is 18.4 Å². The Morgan fingerprint density at radius 2 is 2.38 bits per heavy atom. The van der Waals surface area contributed by atoms with Crippen LogP contribution in [0.25, 0.3) is 0 Å². The number of rotatable bonds is 6. The molecule has 5 nitrogen and oxygen atoms in total. The lowest BCUT2D eigenvalue weighted by Crippen LogP contribution is -2.40. The van der Waals surface area contributed by atoms with Gasteiger partial charge in [-0.3, -0.25) is 0 Å². The van der Waals surface area contributed by atoms with Gasteiger partial charge in [-0.2, -0.15) is 0 Å². The van der Waals surface area contributed by atoms with Crippen molar-refractivity contribution in [3.8, 4) is 0 Å². The first-order chi connectivity index (χ1) is 7.43. The Morgan fingerprint density at radius 1 is 1.69 bits per heavy atom. The summed E-state index contributed by atoms with van der Waals surface area (Å²) in [5.74, 6) is 0.727. The van der Waals surface area contributed by atoms with Gasteiger partial charge in [0.15, 0.2) is 0 Å². The average Bonchev–Trinajstić information content (AvgIpc) is 2.69. The van der Waals surface area contributed by atoms with Crippen molar-refractivity contribution in [2.45, 2.75) is 18.6 Å². The maximum absolute atomic E-state index is 11.6. The Hall–Kier alpha value is -0.920. The molecule has 1 atom stereocenters. The highest BCUT2D eigenvalue weighted by Crippen LogP contribution is 2.02. The third-order valence-corrected chi connectivity index (χ3v) is 4.41. The van der Waals surface area contributed by atoms with Gasteiger partial charge in [-0.15, -0.1) is 0 Å². The van der Waals surface area contributed by atoms with Crippen molar-refractivity contribution in [1.82, 2.24) is 4.72 Å². The quantitative estimate of drug-likeness (QED) is 0.726. The molecule has 0 aliphatic rings. The van der Waals surface area contributed by atoms with Crippen LogP contribution >= 0.6 is 12.2 Å². The second-order valence-corrected chi connectivity index (χ2v) is 5.87. The number of nitrogens with one attached hydrogen (secondary N) is 1. The zero-order valence-electron chi connectivity index (χ0n) is 8.84. The van der Waals surface area contributed by atoms with E-state index < -0.39 is 15.3 Å². The molecule has 1 unspecified atom stereocenters. The van der Waals surface area contributed by atoms with Crippen molar-refractivity contribution in [1.29, 1.82) is 0 Å². The van der Waals surface area contributed by atoms with Crippen LogP contribution in [0.15, 0.2) is 22.8 Å². The molecule has 0 aliphatic heterocycles. The molecule has 0 spiro atoms. The van der Waals surface area contributed by atoms with E-state index in [0.717, 1.165) is 5.76 Å². The lowest BCUT2D eigenvalue weighted by molar-refractivity contribution is 0.505. The molecule has 0 saturated heterocycles. The van der Waals surface area contributed by atoms with Crippen molar-refractivity contribution >= 4 is 27.2 Å². The number of furan rings is 1. The first kappa shape index (κ1) is 13.1. The zero-order chi connectivity index (χ0) is 12.2. The smallest absolute Gasteiger partial charge is 0.220 e. The number of sulfonamides is 1. The predicted molar refractivity (Wildman–Crippen MR) is 65.6 cm³/mol. The van der Waals surface area contributed by atoms with Gasteiger partial charge < -0.3 is 10.2 Å². The van der Waals surface area contributed by atoms with Gasteiger partial charge in [-0.05, 0) is 19.1 Å². The van der Waals surface area contributed by atoms with Gasteiger partial charge >= 0.3 is 0 Å². The monoisotopic (exact) mass is 262 g/mol. The van der Waals surface area contributed by atoms with Crippen LogP contribution in [0.1, 0.15) is 12.7 Å². The molecule has 7 heteroatoms. The molecule has 1 rings (SSSR count). The Bertz CT molecular complexity index is 439. The normalized spacial score (nSPS) is 13.6. The molecule has 3 N–H and O–H groups in total. The molecule has 16 heavy (non-hydrogen) atoms. The first-order valence-corrected chi connectivity index (χ1v) is 6.69. The van der Waals surface area contributed by atoms with Gasteiger partial charge in [-0.25, -0.2) is 13.1 Å². The van der Waals surface area contributed by atoms with Crippen molar-refractivity contribution in [2.24, 2.45) is 5.73 Å². The standard InChI is InChI=1S/C9H14N2O3S2/c1-7(9(10)15)16(12,13)11-5-4-8-3-2-6-14-8/h2-3,6-7,11H,4-5H2,1H3,(H2,10,15). The third-order valence-electron chi connectivity index (χ3n) is 2.12. The Morgan fingerprint density at radius 3 is 2.88 bits per heavy atom. The molecule has 0 radical (unpaired) electrons. The molecule has 90 valence electrons. The molecule has 0 aromatic carbocycles. The van der Waals surface area contributed by atoms with E-state index in [1.165, 1.54) is 6.92 Å². The topological polar surface area (TPSA) is 85.3 Å². The van der Waals surface area contributed by atoms with Crippen molar-refractivity contribution < 1.29 is 12.8 Å². The second kappa shape index (κ2) is 5.42. The minimum absolute atomic E-state index is 0.0366. The van der Waals surface area contributed by atoms with Crippen LogP contribution in [0.4, 0.5) is 0 Å². The minimum atomic E-state index is -3.47. The Labute approximate surface area is 100 Å². The fourth-order valence-electron chi connectivity index (χ4n) is 1.05. The zero-order valence-corrected chi connectivity index (χ0v) is 10.5. The molecule has 0 saturated carbocycles. The van der Waals surface area contributed by atoms with Crippen LogP contribution in [0, 0.1) is 0 Å². The van der Waals surface area contributed by atoms with E-state index in [9.17, 15) is 8.42 Å². The Balaban J connectivity index is 2.46. The molecular weight excluding hydrogens is 248 g/mol. The van der Waals surface area contributed by atoms with E-state index in [2.05, 4.69) is 16.9 Å². The van der Waals surface area contributed by atoms with Crippen LogP contribution in [0.5, 0.6) is 0 Å². The van der Waals surface area contributed by atoms with E-state index >= 15 is 0 Å². The van der Waals surface area contributed by atoms with Gasteiger partial charge in [0.25, 0.3) is 0 Å². The van der Waals surface area contributed by atoms with Crippen molar-refractivity contribution in [3.05, 3.63) is 24.2 Å². The van der Waals surface area contributed by atoms with Crippen molar-refractivity contribution in [2.75, 3.05) is 6.54 Å². The molecule has 1 aromatic heterocycles. The summed E-state index contributed by atoms with van der Waals surface area (Å²) in [6.45, 7) is 1.72. The Kier molecular flexibility index (Phi) is 4.45. The highest BCUT2D eigenvalue weighted by molar-refractivity contribution is 7.93. The summed E-state index contributed by atoms with van der Waals surface area (Å²) >= 11 is 4.64. The summed E-state index contributed by atoms with van der Waals surface area (Å²) in [6, 6.07) is 3.53. The first-order valence-electron chi connectivity index (χ1n) is 4.73. The molecule has 0 bridgehead atoms. The summed E-state index contributed by atoms with van der Waals surface area (Å²) in [7, 11) is -3.47. The highest BCUT2D eigenvalue weighted by atomic mass is 32.2. The van der Waals surface area contributed by atoms with Gasteiger partial charge in [0.05, 0.1) is 11.3 Å². The van der Waals surface area contributed by atoms with Crippen LogP contribution in [-0.4, -0.2) is 25.2 Å². The van der Waals surface area contributed by atoms with Crippen LogP contribution in [0.3, 0.4) is 0 Å². The molecule has 0 fully saturated rings. The molecule has 1 aromatic rings. The number of hydrogen-bond donors (Lipinski definition) is 2. The maximum atomic E-state index is 11.6. The second-order valence-electron chi connectivity index (χ2n) is 3.31. The fraction of sp³-hybridized carbons (Fsp3) is 0.444. The summed E-state index contributed by atoms with van der Waals surface area (Å²) in [4.78, 5) is -0.0366. The van der Waals surface area contributed by atoms with E-state index in [1.807, 2.05) is 0 Å². The summed E-state index contributed by atoms with van der Waals surface area (Å²) in [5, 5.41) is -0.862. The van der Waals surface area contributed by atoms with E-state index in [0.29, 0.717) is 6.42 Å². The van der Waals surface area contributed by atoms with E-state index in [4.69, 9.17) is 10.2 Å². The number of thiocarbonyl (C=S) groups is 1.